The topological polar surface area (TPSA) is 87.7 Å². The molecule has 3 aromatic carbocycles. The Hall–Kier alpha value is -3.36. The number of hydrogen-bond acceptors (Lipinski definition) is 5. The molecular formula is C29H33N3O4S. The summed E-state index contributed by atoms with van der Waals surface area (Å²) in [6.45, 7) is 1.63. The van der Waals surface area contributed by atoms with Gasteiger partial charge in [0, 0.05) is 24.8 Å². The predicted octanol–water partition coefficient (Wildman–Crippen LogP) is 4.83. The van der Waals surface area contributed by atoms with Gasteiger partial charge in [-0.25, -0.2) is 13.1 Å². The molecule has 194 valence electrons. The van der Waals surface area contributed by atoms with Crippen LogP contribution in [0.15, 0.2) is 71.6 Å². The van der Waals surface area contributed by atoms with E-state index in [1.165, 1.54) is 5.56 Å². The number of amides is 1. The Bertz CT molecular complexity index is 1370. The molecule has 5 rings (SSSR count). The van der Waals surface area contributed by atoms with Gasteiger partial charge >= 0.3 is 0 Å². The summed E-state index contributed by atoms with van der Waals surface area (Å²) in [5, 5.41) is 2.89. The van der Waals surface area contributed by atoms with E-state index >= 15 is 0 Å². The fourth-order valence-electron chi connectivity index (χ4n) is 5.29. The number of sulfonamides is 1. The molecule has 8 heteroatoms. The van der Waals surface area contributed by atoms with Crippen LogP contribution in [0.1, 0.15) is 48.4 Å². The highest BCUT2D eigenvalue weighted by Gasteiger charge is 2.29. The van der Waals surface area contributed by atoms with E-state index in [1.54, 1.807) is 19.2 Å². The maximum Gasteiger partial charge on any atom is 0.243 e. The number of carbonyl (C=O) groups is 1. The lowest BCUT2D eigenvalue weighted by molar-refractivity contribution is -0.115. The zero-order valence-electron chi connectivity index (χ0n) is 21.1. The van der Waals surface area contributed by atoms with E-state index in [0.717, 1.165) is 62.1 Å². The maximum atomic E-state index is 13.8. The summed E-state index contributed by atoms with van der Waals surface area (Å²) < 4.78 is 35.8. The number of hydrogen-bond donors (Lipinski definition) is 2. The van der Waals surface area contributed by atoms with Gasteiger partial charge in [-0.2, -0.15) is 0 Å². The number of aryl methyl sites for hydroxylation is 1. The average molecular weight is 520 g/mol. The minimum atomic E-state index is -3.85. The molecule has 0 spiro atoms. The number of methoxy groups -OCH3 is 1. The summed E-state index contributed by atoms with van der Waals surface area (Å²) in [6, 6.07) is 20.3. The molecule has 1 amide bonds. The van der Waals surface area contributed by atoms with Gasteiger partial charge in [0.05, 0.1) is 19.2 Å². The molecule has 1 aliphatic carbocycles. The average Bonchev–Trinajstić information content (AvgIpc) is 3.44. The van der Waals surface area contributed by atoms with E-state index in [9.17, 15) is 13.2 Å². The lowest BCUT2D eigenvalue weighted by atomic mass is 9.88. The molecule has 1 heterocycles. The van der Waals surface area contributed by atoms with Crippen molar-refractivity contribution in [3.63, 3.8) is 0 Å². The minimum absolute atomic E-state index is 0.178. The molecule has 1 aliphatic heterocycles. The quantitative estimate of drug-likeness (QED) is 0.445. The monoisotopic (exact) mass is 519 g/mol. The Morgan fingerprint density at radius 3 is 2.51 bits per heavy atom. The first-order valence-corrected chi connectivity index (χ1v) is 14.3. The minimum Gasteiger partial charge on any atom is -0.497 e. The second kappa shape index (κ2) is 10.9. The third-order valence-electron chi connectivity index (χ3n) is 7.17. The van der Waals surface area contributed by atoms with Crippen LogP contribution in [0.2, 0.25) is 0 Å². The molecule has 0 unspecified atom stereocenters. The van der Waals surface area contributed by atoms with Crippen molar-refractivity contribution in [2.75, 3.05) is 30.4 Å². The van der Waals surface area contributed by atoms with Crippen LogP contribution >= 0.6 is 0 Å². The van der Waals surface area contributed by atoms with Crippen molar-refractivity contribution in [3.8, 4) is 5.75 Å². The van der Waals surface area contributed by atoms with Gasteiger partial charge < -0.3 is 15.0 Å². The van der Waals surface area contributed by atoms with Crippen LogP contribution < -0.4 is 19.7 Å². The van der Waals surface area contributed by atoms with Crippen molar-refractivity contribution in [1.29, 1.82) is 0 Å². The van der Waals surface area contributed by atoms with Crippen molar-refractivity contribution in [3.05, 3.63) is 83.4 Å². The summed E-state index contributed by atoms with van der Waals surface area (Å²) in [4.78, 5) is 15.1. The standard InChI is InChI=1S/C29H33N3O4S/c1-36-24-14-11-21(12-15-24)19-29(33)30-23-13-16-27(32-17-4-5-18-32)28(20-23)37(34,35)31-26-10-6-8-22-7-2-3-9-25(22)26/h2-3,7,9,11-16,20,26,31H,4-6,8,10,17-19H2,1H3,(H,30,33)/t26-/m1/s1. The lowest BCUT2D eigenvalue weighted by Crippen LogP contribution is -2.32. The fraction of sp³-hybridized carbons (Fsp3) is 0.345. The highest BCUT2D eigenvalue weighted by atomic mass is 32.2. The molecule has 1 fully saturated rings. The van der Waals surface area contributed by atoms with Crippen LogP contribution in [0.3, 0.4) is 0 Å². The Kier molecular flexibility index (Phi) is 7.48. The highest BCUT2D eigenvalue weighted by molar-refractivity contribution is 7.89. The number of ether oxygens (including phenoxy) is 1. The van der Waals surface area contributed by atoms with Crippen molar-refractivity contribution in [2.24, 2.45) is 0 Å². The third kappa shape index (κ3) is 5.81. The first-order valence-electron chi connectivity index (χ1n) is 12.8. The summed E-state index contributed by atoms with van der Waals surface area (Å²) in [7, 11) is -2.25. The zero-order chi connectivity index (χ0) is 25.8. The van der Waals surface area contributed by atoms with Crippen molar-refractivity contribution in [1.82, 2.24) is 4.72 Å². The normalized spacial score (nSPS) is 17.3. The molecule has 2 N–H and O–H groups in total. The molecule has 37 heavy (non-hydrogen) atoms. The molecule has 2 aliphatic rings. The van der Waals surface area contributed by atoms with E-state index in [4.69, 9.17) is 4.74 Å². The molecule has 0 aromatic heterocycles. The molecular weight excluding hydrogens is 486 g/mol. The Morgan fingerprint density at radius 2 is 1.76 bits per heavy atom. The van der Waals surface area contributed by atoms with E-state index in [0.29, 0.717) is 11.4 Å². The third-order valence-corrected chi connectivity index (χ3v) is 8.67. The van der Waals surface area contributed by atoms with Crippen molar-refractivity contribution in [2.45, 2.75) is 49.5 Å². The number of nitrogens with zero attached hydrogens (tertiary/aromatic N) is 1. The number of carbonyl (C=O) groups excluding carboxylic acids is 1. The highest BCUT2D eigenvalue weighted by Crippen LogP contribution is 2.35. The van der Waals surface area contributed by atoms with Gasteiger partial charge in [0.1, 0.15) is 10.6 Å². The first-order chi connectivity index (χ1) is 17.9. The molecule has 1 saturated heterocycles. The molecule has 7 nitrogen and oxygen atoms in total. The number of nitrogens with one attached hydrogen (secondary N) is 2. The second-order valence-corrected chi connectivity index (χ2v) is 11.4. The molecule has 1 atom stereocenters. The lowest BCUT2D eigenvalue weighted by Gasteiger charge is -2.28. The van der Waals surface area contributed by atoms with E-state index in [2.05, 4.69) is 21.0 Å². The maximum absolute atomic E-state index is 13.8. The number of anilines is 2. The zero-order valence-corrected chi connectivity index (χ0v) is 21.9. The van der Waals surface area contributed by atoms with Crippen LogP contribution in [0.4, 0.5) is 11.4 Å². The predicted molar refractivity (Wildman–Crippen MR) is 146 cm³/mol. The smallest absolute Gasteiger partial charge is 0.243 e. The van der Waals surface area contributed by atoms with E-state index < -0.39 is 10.0 Å². The van der Waals surface area contributed by atoms with Gasteiger partial charge in [0.25, 0.3) is 0 Å². The van der Waals surface area contributed by atoms with Gasteiger partial charge in [-0.3, -0.25) is 4.79 Å². The number of rotatable bonds is 8. The molecule has 0 bridgehead atoms. The Morgan fingerprint density at radius 1 is 1.00 bits per heavy atom. The van der Waals surface area contributed by atoms with Crippen LogP contribution in [0, 0.1) is 0 Å². The molecule has 0 radical (unpaired) electrons. The van der Waals surface area contributed by atoms with Crippen LogP contribution in [0.5, 0.6) is 5.75 Å². The van der Waals surface area contributed by atoms with E-state index in [-0.39, 0.29) is 23.3 Å². The molecule has 3 aromatic rings. The van der Waals surface area contributed by atoms with Crippen LogP contribution in [0.25, 0.3) is 0 Å². The SMILES string of the molecule is COc1ccc(CC(=O)Nc2ccc(N3CCCC3)c(S(=O)(=O)N[C@@H]3CCCc4ccccc43)c2)cc1. The molecule has 0 saturated carbocycles. The van der Waals surface area contributed by atoms with Gasteiger partial charge in [0.2, 0.25) is 15.9 Å². The van der Waals surface area contributed by atoms with Gasteiger partial charge in [0.15, 0.2) is 0 Å². The first kappa shape index (κ1) is 25.3. The summed E-state index contributed by atoms with van der Waals surface area (Å²) in [5.74, 6) is 0.515. The summed E-state index contributed by atoms with van der Waals surface area (Å²) in [5.41, 5.74) is 4.23. The van der Waals surface area contributed by atoms with Crippen LogP contribution in [-0.2, 0) is 27.7 Å². The van der Waals surface area contributed by atoms with Crippen LogP contribution in [-0.4, -0.2) is 34.5 Å². The Labute approximate surface area is 218 Å². The van der Waals surface area contributed by atoms with Gasteiger partial charge in [-0.1, -0.05) is 36.4 Å². The van der Waals surface area contributed by atoms with E-state index in [1.807, 2.05) is 48.5 Å². The largest absolute Gasteiger partial charge is 0.497 e. The Balaban J connectivity index is 1.40. The number of fused-ring (bicyclic) bond motifs is 1. The summed E-state index contributed by atoms with van der Waals surface area (Å²) in [6.07, 6.45) is 4.89. The summed E-state index contributed by atoms with van der Waals surface area (Å²) >= 11 is 0. The van der Waals surface area contributed by atoms with Gasteiger partial charge in [-0.15, -0.1) is 0 Å². The fourth-order valence-corrected chi connectivity index (χ4v) is 6.79. The number of benzene rings is 3. The van der Waals surface area contributed by atoms with Crippen molar-refractivity contribution < 1.29 is 17.9 Å². The van der Waals surface area contributed by atoms with Gasteiger partial charge in [-0.05, 0) is 79.1 Å². The van der Waals surface area contributed by atoms with Crippen molar-refractivity contribution >= 4 is 27.3 Å². The second-order valence-electron chi connectivity index (χ2n) is 9.71.